The van der Waals surface area contributed by atoms with E-state index in [2.05, 4.69) is 0 Å². The molecule has 0 amide bonds. The summed E-state index contributed by atoms with van der Waals surface area (Å²) < 4.78 is 5.75. The molecule has 3 rings (SSSR count). The SMILES string of the molecule is O.O=C1C[C@@H](c2ccc(O)cc2)Oc2cc(O)ccc21. The second-order valence-corrected chi connectivity index (χ2v) is 4.51. The number of phenolic OH excluding ortho intramolecular Hbond substituents is 2. The van der Waals surface area contributed by atoms with Gasteiger partial charge in [-0.3, -0.25) is 4.79 Å². The molecule has 0 aliphatic carbocycles. The van der Waals surface area contributed by atoms with Gasteiger partial charge in [0.1, 0.15) is 23.4 Å². The average molecular weight is 274 g/mol. The molecule has 4 N–H and O–H groups in total. The molecular formula is C15H14O5. The van der Waals surface area contributed by atoms with Crippen molar-refractivity contribution in [1.82, 2.24) is 0 Å². The van der Waals surface area contributed by atoms with Gasteiger partial charge in [-0.25, -0.2) is 0 Å². The van der Waals surface area contributed by atoms with Gasteiger partial charge in [0.05, 0.1) is 12.0 Å². The van der Waals surface area contributed by atoms with Gasteiger partial charge in [0, 0.05) is 6.07 Å². The summed E-state index contributed by atoms with van der Waals surface area (Å²) in [4.78, 5) is 12.0. The third-order valence-corrected chi connectivity index (χ3v) is 3.17. The van der Waals surface area contributed by atoms with Gasteiger partial charge >= 0.3 is 0 Å². The Morgan fingerprint density at radius 3 is 2.35 bits per heavy atom. The van der Waals surface area contributed by atoms with E-state index in [1.807, 2.05) is 0 Å². The molecule has 104 valence electrons. The molecule has 0 spiro atoms. The molecule has 0 saturated carbocycles. The number of phenols is 2. The number of fused-ring (bicyclic) bond motifs is 1. The number of carbonyl (C=O) groups is 1. The minimum absolute atomic E-state index is 0. The molecule has 2 aromatic carbocycles. The van der Waals surface area contributed by atoms with Crippen molar-refractivity contribution in [3.63, 3.8) is 0 Å². The van der Waals surface area contributed by atoms with Gasteiger partial charge in [0.15, 0.2) is 5.78 Å². The molecule has 1 aliphatic rings. The van der Waals surface area contributed by atoms with Crippen molar-refractivity contribution in [2.75, 3.05) is 0 Å². The highest BCUT2D eigenvalue weighted by Crippen LogP contribution is 2.36. The number of aromatic hydroxyl groups is 2. The molecular weight excluding hydrogens is 260 g/mol. The van der Waals surface area contributed by atoms with Crippen LogP contribution in [0.1, 0.15) is 28.4 Å². The molecule has 2 aromatic rings. The van der Waals surface area contributed by atoms with E-state index in [-0.39, 0.29) is 35.3 Å². The Kier molecular flexibility index (Phi) is 3.63. The molecule has 0 saturated heterocycles. The molecule has 1 heterocycles. The van der Waals surface area contributed by atoms with E-state index in [1.165, 1.54) is 12.1 Å². The lowest BCUT2D eigenvalue weighted by Gasteiger charge is -2.25. The van der Waals surface area contributed by atoms with Gasteiger partial charge in [-0.05, 0) is 29.8 Å². The zero-order valence-electron chi connectivity index (χ0n) is 10.5. The second kappa shape index (κ2) is 5.22. The maximum atomic E-state index is 12.0. The second-order valence-electron chi connectivity index (χ2n) is 4.51. The van der Waals surface area contributed by atoms with E-state index in [0.717, 1.165) is 5.56 Å². The number of hydrogen-bond donors (Lipinski definition) is 2. The molecule has 1 atom stereocenters. The number of carbonyl (C=O) groups excluding carboxylic acids is 1. The van der Waals surface area contributed by atoms with Gasteiger partial charge in [-0.2, -0.15) is 0 Å². The van der Waals surface area contributed by atoms with Crippen LogP contribution in [-0.2, 0) is 0 Å². The fourth-order valence-electron chi connectivity index (χ4n) is 2.19. The van der Waals surface area contributed by atoms with Crippen molar-refractivity contribution in [2.45, 2.75) is 12.5 Å². The zero-order valence-corrected chi connectivity index (χ0v) is 10.5. The van der Waals surface area contributed by atoms with Gasteiger partial charge in [0.25, 0.3) is 0 Å². The first-order valence-corrected chi connectivity index (χ1v) is 5.95. The first-order chi connectivity index (χ1) is 9.13. The van der Waals surface area contributed by atoms with Crippen LogP contribution in [-0.4, -0.2) is 21.5 Å². The topological polar surface area (TPSA) is 98.3 Å². The van der Waals surface area contributed by atoms with Crippen molar-refractivity contribution in [3.8, 4) is 17.2 Å². The van der Waals surface area contributed by atoms with Crippen LogP contribution in [0.3, 0.4) is 0 Å². The number of ketones is 1. The third-order valence-electron chi connectivity index (χ3n) is 3.17. The molecule has 0 radical (unpaired) electrons. The van der Waals surface area contributed by atoms with E-state index in [1.54, 1.807) is 30.3 Å². The number of ether oxygens (including phenoxy) is 1. The number of benzene rings is 2. The summed E-state index contributed by atoms with van der Waals surface area (Å²) in [5.41, 5.74) is 1.31. The molecule has 1 aliphatic heterocycles. The minimum atomic E-state index is -0.387. The largest absolute Gasteiger partial charge is 0.508 e. The lowest BCUT2D eigenvalue weighted by atomic mass is 9.96. The first kappa shape index (κ1) is 13.9. The minimum Gasteiger partial charge on any atom is -0.508 e. The molecule has 5 nitrogen and oxygen atoms in total. The summed E-state index contributed by atoms with van der Waals surface area (Å²) in [5, 5.41) is 18.7. The normalized spacial score (nSPS) is 16.8. The van der Waals surface area contributed by atoms with Crippen molar-refractivity contribution in [3.05, 3.63) is 53.6 Å². The lowest BCUT2D eigenvalue weighted by molar-refractivity contribution is 0.0849. The summed E-state index contributed by atoms with van der Waals surface area (Å²) in [6.07, 6.45) is -0.134. The maximum absolute atomic E-state index is 12.0. The Bertz CT molecular complexity index is 633. The summed E-state index contributed by atoms with van der Waals surface area (Å²) in [7, 11) is 0. The Morgan fingerprint density at radius 2 is 1.65 bits per heavy atom. The monoisotopic (exact) mass is 274 g/mol. The number of Topliss-reactive ketones (excluding diaryl/α,β-unsaturated/α-hetero) is 1. The molecule has 5 heteroatoms. The van der Waals surface area contributed by atoms with E-state index >= 15 is 0 Å². The summed E-state index contributed by atoms with van der Waals surface area (Å²) in [6.45, 7) is 0. The van der Waals surface area contributed by atoms with Crippen LogP contribution in [0, 0.1) is 0 Å². The third kappa shape index (κ3) is 2.44. The van der Waals surface area contributed by atoms with Crippen LogP contribution in [0.2, 0.25) is 0 Å². The van der Waals surface area contributed by atoms with Crippen molar-refractivity contribution in [2.24, 2.45) is 0 Å². The van der Waals surface area contributed by atoms with Gasteiger partial charge in [-0.1, -0.05) is 12.1 Å². The van der Waals surface area contributed by atoms with Crippen LogP contribution < -0.4 is 4.74 Å². The molecule has 0 fully saturated rings. The Balaban J connectivity index is 0.00000147. The highest BCUT2D eigenvalue weighted by molar-refractivity contribution is 6.00. The lowest BCUT2D eigenvalue weighted by Crippen LogP contribution is -2.20. The van der Waals surface area contributed by atoms with E-state index < -0.39 is 0 Å². The van der Waals surface area contributed by atoms with Crippen LogP contribution >= 0.6 is 0 Å². The highest BCUT2D eigenvalue weighted by Gasteiger charge is 2.27. The van der Waals surface area contributed by atoms with Crippen LogP contribution in [0.5, 0.6) is 17.2 Å². The van der Waals surface area contributed by atoms with Crippen LogP contribution in [0.4, 0.5) is 0 Å². The fraction of sp³-hybridized carbons (Fsp3) is 0.133. The van der Waals surface area contributed by atoms with Crippen molar-refractivity contribution >= 4 is 5.78 Å². The van der Waals surface area contributed by atoms with E-state index in [0.29, 0.717) is 11.3 Å². The Morgan fingerprint density at radius 1 is 1.00 bits per heavy atom. The fourth-order valence-corrected chi connectivity index (χ4v) is 2.19. The predicted octanol–water partition coefficient (Wildman–Crippen LogP) is 1.98. The quantitative estimate of drug-likeness (QED) is 0.830. The van der Waals surface area contributed by atoms with E-state index in [9.17, 15) is 15.0 Å². The van der Waals surface area contributed by atoms with Gasteiger partial charge < -0.3 is 20.4 Å². The number of hydrogen-bond acceptors (Lipinski definition) is 4. The summed E-state index contributed by atoms with van der Waals surface area (Å²) in [6, 6.07) is 11.0. The van der Waals surface area contributed by atoms with Gasteiger partial charge in [-0.15, -0.1) is 0 Å². The zero-order chi connectivity index (χ0) is 13.4. The Hall–Kier alpha value is -2.53. The standard InChI is InChI=1S/C15H12O4.H2O/c16-10-3-1-9(2-4-10)14-8-13(18)12-6-5-11(17)7-15(12)19-14;/h1-7,14,16-17H,8H2;1H2/t14-;/m0./s1. The average Bonchev–Trinajstić information content (AvgIpc) is 2.38. The first-order valence-electron chi connectivity index (χ1n) is 5.95. The highest BCUT2D eigenvalue weighted by atomic mass is 16.5. The van der Waals surface area contributed by atoms with Crippen LogP contribution in [0.15, 0.2) is 42.5 Å². The van der Waals surface area contributed by atoms with E-state index in [4.69, 9.17) is 4.74 Å². The molecule has 20 heavy (non-hydrogen) atoms. The Labute approximate surface area is 115 Å². The number of rotatable bonds is 1. The summed E-state index contributed by atoms with van der Waals surface area (Å²) >= 11 is 0. The molecule has 0 aromatic heterocycles. The van der Waals surface area contributed by atoms with Crippen molar-refractivity contribution in [1.29, 1.82) is 0 Å². The maximum Gasteiger partial charge on any atom is 0.170 e. The predicted molar refractivity (Wildman–Crippen MR) is 72.1 cm³/mol. The molecule has 0 bridgehead atoms. The smallest absolute Gasteiger partial charge is 0.170 e. The van der Waals surface area contributed by atoms with Crippen LogP contribution in [0.25, 0.3) is 0 Å². The van der Waals surface area contributed by atoms with Crippen molar-refractivity contribution < 1.29 is 25.2 Å². The molecule has 0 unspecified atom stereocenters. The summed E-state index contributed by atoms with van der Waals surface area (Å²) in [5.74, 6) is 0.621. The van der Waals surface area contributed by atoms with Gasteiger partial charge in [0.2, 0.25) is 0 Å².